The van der Waals surface area contributed by atoms with Gasteiger partial charge in [-0.15, -0.1) is 0 Å². The number of carbonyl (C=O) groups excluding carboxylic acids is 1. The van der Waals surface area contributed by atoms with Crippen molar-refractivity contribution in [1.82, 2.24) is 5.32 Å². The minimum atomic E-state index is -0.865. The summed E-state index contributed by atoms with van der Waals surface area (Å²) < 4.78 is 12.8. The molecule has 2 atom stereocenters. The van der Waals surface area contributed by atoms with Gasteiger partial charge < -0.3 is 10.4 Å². The van der Waals surface area contributed by atoms with Gasteiger partial charge in [-0.1, -0.05) is 19.3 Å². The predicted octanol–water partition coefficient (Wildman–Crippen LogP) is 2.59. The Balaban J connectivity index is 2.07. The number of carboxylic acid groups (broad SMARTS) is 1. The summed E-state index contributed by atoms with van der Waals surface area (Å²) in [5.74, 6) is -2.15. The molecule has 0 heterocycles. The molecule has 1 fully saturated rings. The van der Waals surface area contributed by atoms with Crippen LogP contribution >= 0.6 is 0 Å². The first-order valence-corrected chi connectivity index (χ1v) is 6.87. The van der Waals surface area contributed by atoms with Crippen molar-refractivity contribution in [2.24, 2.45) is 5.92 Å². The Morgan fingerprint density at radius 1 is 1.10 bits per heavy atom. The number of halogens is 1. The fraction of sp³-hybridized carbons (Fsp3) is 0.467. The molecule has 0 aromatic heterocycles. The molecule has 2 N–H and O–H groups in total. The molecular weight excluding hydrogens is 261 g/mol. The van der Waals surface area contributed by atoms with E-state index in [1.165, 1.54) is 24.3 Å². The topological polar surface area (TPSA) is 66.4 Å². The van der Waals surface area contributed by atoms with Crippen LogP contribution in [0.1, 0.15) is 42.5 Å². The van der Waals surface area contributed by atoms with Gasteiger partial charge in [0.1, 0.15) is 5.82 Å². The van der Waals surface area contributed by atoms with E-state index < -0.39 is 17.7 Å². The van der Waals surface area contributed by atoms with Crippen molar-refractivity contribution in [3.63, 3.8) is 0 Å². The highest BCUT2D eigenvalue weighted by Gasteiger charge is 2.30. The summed E-state index contributed by atoms with van der Waals surface area (Å²) in [5.41, 5.74) is 0.347. The molecule has 108 valence electrons. The van der Waals surface area contributed by atoms with Crippen molar-refractivity contribution in [3.05, 3.63) is 35.6 Å². The number of rotatable bonds is 3. The van der Waals surface area contributed by atoms with Crippen molar-refractivity contribution < 1.29 is 19.1 Å². The second-order valence-electron chi connectivity index (χ2n) is 5.17. The first-order chi connectivity index (χ1) is 9.58. The first kappa shape index (κ1) is 14.5. The van der Waals surface area contributed by atoms with E-state index in [0.29, 0.717) is 18.4 Å². The summed E-state index contributed by atoms with van der Waals surface area (Å²) in [6.45, 7) is 0. The lowest BCUT2D eigenvalue weighted by Crippen LogP contribution is -2.42. The normalized spacial score (nSPS) is 22.9. The first-order valence-electron chi connectivity index (χ1n) is 6.87. The lowest BCUT2D eigenvalue weighted by Gasteiger charge is -2.22. The summed E-state index contributed by atoms with van der Waals surface area (Å²) in [6.07, 6.45) is 4.04. The maximum absolute atomic E-state index is 12.8. The average molecular weight is 279 g/mol. The van der Waals surface area contributed by atoms with Gasteiger partial charge in [-0.3, -0.25) is 9.59 Å². The van der Waals surface area contributed by atoms with Crippen molar-refractivity contribution >= 4 is 11.9 Å². The number of hydrogen-bond donors (Lipinski definition) is 2. The van der Waals surface area contributed by atoms with E-state index in [0.717, 1.165) is 19.3 Å². The highest BCUT2D eigenvalue weighted by atomic mass is 19.1. The quantitative estimate of drug-likeness (QED) is 0.836. The Kier molecular flexibility index (Phi) is 4.71. The van der Waals surface area contributed by atoms with Crippen molar-refractivity contribution in [2.45, 2.75) is 38.1 Å². The van der Waals surface area contributed by atoms with Gasteiger partial charge in [-0.05, 0) is 37.1 Å². The minimum absolute atomic E-state index is 0.344. The standard InChI is InChI=1S/C15H18FNO3/c16-11-8-6-10(7-9-11)14(18)17-13-5-3-1-2-4-12(13)15(19)20/h6-9,12-13H,1-5H2,(H,17,18)(H,19,20). The minimum Gasteiger partial charge on any atom is -0.481 e. The molecule has 0 radical (unpaired) electrons. The molecule has 1 amide bonds. The molecule has 1 aromatic rings. The van der Waals surface area contributed by atoms with Crippen LogP contribution in [0.25, 0.3) is 0 Å². The fourth-order valence-electron chi connectivity index (χ4n) is 2.63. The molecule has 2 unspecified atom stereocenters. The summed E-state index contributed by atoms with van der Waals surface area (Å²) in [6, 6.07) is 4.88. The predicted molar refractivity (Wildman–Crippen MR) is 71.9 cm³/mol. The molecule has 0 saturated heterocycles. The molecule has 4 nitrogen and oxygen atoms in total. The molecular formula is C15H18FNO3. The van der Waals surface area contributed by atoms with Gasteiger partial charge >= 0.3 is 5.97 Å². The maximum atomic E-state index is 12.8. The van der Waals surface area contributed by atoms with Crippen LogP contribution in [-0.2, 0) is 4.79 Å². The van der Waals surface area contributed by atoms with E-state index in [-0.39, 0.29) is 11.9 Å². The van der Waals surface area contributed by atoms with E-state index in [9.17, 15) is 19.1 Å². The van der Waals surface area contributed by atoms with E-state index in [2.05, 4.69) is 5.32 Å². The van der Waals surface area contributed by atoms with Gasteiger partial charge in [-0.2, -0.15) is 0 Å². The van der Waals surface area contributed by atoms with Crippen LogP contribution in [0, 0.1) is 11.7 Å². The van der Waals surface area contributed by atoms with Crippen LogP contribution in [0.4, 0.5) is 4.39 Å². The zero-order valence-corrected chi connectivity index (χ0v) is 11.1. The second kappa shape index (κ2) is 6.50. The van der Waals surface area contributed by atoms with E-state index in [1.807, 2.05) is 0 Å². The summed E-state index contributed by atoms with van der Waals surface area (Å²) in [4.78, 5) is 23.4. The van der Waals surface area contributed by atoms with Gasteiger partial charge in [-0.25, -0.2) is 4.39 Å². The van der Waals surface area contributed by atoms with Crippen LogP contribution < -0.4 is 5.32 Å². The van der Waals surface area contributed by atoms with E-state index in [4.69, 9.17) is 0 Å². The van der Waals surface area contributed by atoms with Gasteiger partial charge in [0.05, 0.1) is 5.92 Å². The smallest absolute Gasteiger partial charge is 0.308 e. The van der Waals surface area contributed by atoms with Crippen LogP contribution in [0.15, 0.2) is 24.3 Å². The number of carbonyl (C=O) groups is 2. The number of nitrogens with one attached hydrogen (secondary N) is 1. The number of benzene rings is 1. The van der Waals surface area contributed by atoms with Crippen LogP contribution in [-0.4, -0.2) is 23.0 Å². The molecule has 1 aliphatic rings. The third-order valence-corrected chi connectivity index (χ3v) is 3.76. The SMILES string of the molecule is O=C(NC1CCCCCC1C(=O)O)c1ccc(F)cc1. The number of carboxylic acids is 1. The summed E-state index contributed by atoms with van der Waals surface area (Å²) in [5, 5.41) is 12.0. The monoisotopic (exact) mass is 279 g/mol. The van der Waals surface area contributed by atoms with Crippen molar-refractivity contribution in [2.75, 3.05) is 0 Å². The summed E-state index contributed by atoms with van der Waals surface area (Å²) >= 11 is 0. The zero-order valence-electron chi connectivity index (χ0n) is 11.1. The highest BCUT2D eigenvalue weighted by Crippen LogP contribution is 2.24. The van der Waals surface area contributed by atoms with Crippen LogP contribution in [0.2, 0.25) is 0 Å². The Labute approximate surface area is 117 Å². The molecule has 1 aliphatic carbocycles. The van der Waals surface area contributed by atoms with Gasteiger partial charge in [0.25, 0.3) is 5.91 Å². The van der Waals surface area contributed by atoms with E-state index >= 15 is 0 Å². The number of aliphatic carboxylic acids is 1. The average Bonchev–Trinajstić information content (AvgIpc) is 2.65. The molecule has 0 spiro atoms. The Morgan fingerprint density at radius 2 is 1.75 bits per heavy atom. The van der Waals surface area contributed by atoms with Crippen LogP contribution in [0.3, 0.4) is 0 Å². The molecule has 1 saturated carbocycles. The molecule has 1 aromatic carbocycles. The Morgan fingerprint density at radius 3 is 2.40 bits per heavy atom. The number of amides is 1. The van der Waals surface area contributed by atoms with Gasteiger partial charge in [0.2, 0.25) is 0 Å². The largest absolute Gasteiger partial charge is 0.481 e. The molecule has 2 rings (SSSR count). The van der Waals surface area contributed by atoms with Gasteiger partial charge in [0.15, 0.2) is 0 Å². The number of hydrogen-bond acceptors (Lipinski definition) is 2. The highest BCUT2D eigenvalue weighted by molar-refractivity contribution is 5.94. The molecule has 0 bridgehead atoms. The summed E-state index contributed by atoms with van der Waals surface area (Å²) in [7, 11) is 0. The van der Waals surface area contributed by atoms with Crippen molar-refractivity contribution in [1.29, 1.82) is 0 Å². The Bertz CT molecular complexity index is 486. The van der Waals surface area contributed by atoms with E-state index in [1.54, 1.807) is 0 Å². The van der Waals surface area contributed by atoms with Gasteiger partial charge in [0, 0.05) is 11.6 Å². The Hall–Kier alpha value is -1.91. The third kappa shape index (κ3) is 3.56. The molecule has 20 heavy (non-hydrogen) atoms. The van der Waals surface area contributed by atoms with Crippen LogP contribution in [0.5, 0.6) is 0 Å². The van der Waals surface area contributed by atoms with Crippen molar-refractivity contribution in [3.8, 4) is 0 Å². The zero-order chi connectivity index (χ0) is 14.5. The second-order valence-corrected chi connectivity index (χ2v) is 5.17. The molecule has 0 aliphatic heterocycles. The lowest BCUT2D eigenvalue weighted by atomic mass is 9.94. The lowest BCUT2D eigenvalue weighted by molar-refractivity contribution is -0.142. The fourth-order valence-corrected chi connectivity index (χ4v) is 2.63. The molecule has 5 heteroatoms. The maximum Gasteiger partial charge on any atom is 0.308 e. The third-order valence-electron chi connectivity index (χ3n) is 3.76.